The van der Waals surface area contributed by atoms with Gasteiger partial charge in [0.15, 0.2) is 0 Å². The highest BCUT2D eigenvalue weighted by Crippen LogP contribution is 2.26. The summed E-state index contributed by atoms with van der Waals surface area (Å²) in [5.41, 5.74) is 2.41. The Morgan fingerprint density at radius 3 is 2.33 bits per heavy atom. The molecular weight excluding hydrogens is 328 g/mol. The minimum atomic E-state index is -3.75. The first-order valence-corrected chi connectivity index (χ1v) is 8.77. The number of hydrogen-bond donors (Lipinski definition) is 2. The van der Waals surface area contributed by atoms with Crippen LogP contribution in [-0.4, -0.2) is 21.4 Å². The highest BCUT2D eigenvalue weighted by atomic mass is 32.2. The van der Waals surface area contributed by atoms with Crippen LogP contribution >= 0.6 is 0 Å². The molecule has 0 radical (unpaired) electrons. The maximum atomic E-state index is 12.6. The molecule has 0 heterocycles. The molecule has 0 aliphatic carbocycles. The molecule has 2 aromatic rings. The number of hydrogen-bond acceptors (Lipinski definition) is 4. The summed E-state index contributed by atoms with van der Waals surface area (Å²) in [4.78, 5) is 11.3. The van der Waals surface area contributed by atoms with Gasteiger partial charge in [-0.1, -0.05) is 6.07 Å². The van der Waals surface area contributed by atoms with Gasteiger partial charge in [-0.2, -0.15) is 0 Å². The number of sulfonamides is 1. The van der Waals surface area contributed by atoms with E-state index in [9.17, 15) is 13.2 Å². The van der Waals surface area contributed by atoms with Crippen LogP contribution in [0.4, 0.5) is 11.4 Å². The lowest BCUT2D eigenvalue weighted by Gasteiger charge is -2.13. The predicted molar refractivity (Wildman–Crippen MR) is 94.0 cm³/mol. The summed E-state index contributed by atoms with van der Waals surface area (Å²) in [6.45, 7) is 4.96. The van der Waals surface area contributed by atoms with Crippen LogP contribution in [-0.2, 0) is 14.8 Å². The summed E-state index contributed by atoms with van der Waals surface area (Å²) in [5.74, 6) is 0.399. The first kappa shape index (κ1) is 17.8. The summed E-state index contributed by atoms with van der Waals surface area (Å²) in [6, 6.07) is 9.69. The van der Waals surface area contributed by atoms with Crippen LogP contribution in [0.15, 0.2) is 41.3 Å². The van der Waals surface area contributed by atoms with Crippen molar-refractivity contribution >= 4 is 27.3 Å². The molecular formula is C17H20N2O4S. The Labute approximate surface area is 141 Å². The molecule has 7 heteroatoms. The topological polar surface area (TPSA) is 84.5 Å². The van der Waals surface area contributed by atoms with Gasteiger partial charge < -0.3 is 10.1 Å². The molecule has 2 aromatic carbocycles. The van der Waals surface area contributed by atoms with Gasteiger partial charge in [0.05, 0.1) is 17.7 Å². The smallest absolute Gasteiger partial charge is 0.261 e. The van der Waals surface area contributed by atoms with Crippen LogP contribution in [0, 0.1) is 13.8 Å². The molecule has 128 valence electrons. The van der Waals surface area contributed by atoms with E-state index in [2.05, 4.69) is 10.0 Å². The molecule has 0 unspecified atom stereocenters. The van der Waals surface area contributed by atoms with Crippen molar-refractivity contribution in [2.45, 2.75) is 25.7 Å². The molecule has 2 N–H and O–H groups in total. The Balaban J connectivity index is 2.35. The van der Waals surface area contributed by atoms with Crippen LogP contribution in [0.3, 0.4) is 0 Å². The number of benzene rings is 2. The van der Waals surface area contributed by atoms with Gasteiger partial charge in [-0.25, -0.2) is 8.42 Å². The number of rotatable bonds is 5. The summed E-state index contributed by atoms with van der Waals surface area (Å²) in [7, 11) is -2.21. The number of aryl methyl sites for hydroxylation is 2. The average Bonchev–Trinajstić information content (AvgIpc) is 2.49. The zero-order valence-corrected chi connectivity index (χ0v) is 14.8. The maximum absolute atomic E-state index is 12.6. The zero-order chi connectivity index (χ0) is 17.9. The van der Waals surface area contributed by atoms with Crippen molar-refractivity contribution in [2.24, 2.45) is 0 Å². The summed E-state index contributed by atoms with van der Waals surface area (Å²) >= 11 is 0. The molecule has 0 aliphatic heterocycles. The van der Waals surface area contributed by atoms with Crippen LogP contribution in [0.1, 0.15) is 18.1 Å². The molecule has 6 nitrogen and oxygen atoms in total. The van der Waals surface area contributed by atoms with E-state index >= 15 is 0 Å². The monoisotopic (exact) mass is 348 g/mol. The number of amides is 1. The third-order valence-electron chi connectivity index (χ3n) is 3.48. The first-order valence-electron chi connectivity index (χ1n) is 7.28. The average molecular weight is 348 g/mol. The minimum Gasteiger partial charge on any atom is -0.496 e. The molecule has 0 bridgehead atoms. The molecule has 0 aliphatic rings. The molecule has 0 saturated heterocycles. The van der Waals surface area contributed by atoms with Gasteiger partial charge in [0.25, 0.3) is 10.0 Å². The van der Waals surface area contributed by atoms with Crippen LogP contribution in [0.5, 0.6) is 5.75 Å². The predicted octanol–water partition coefficient (Wildman–Crippen LogP) is 3.07. The normalized spacial score (nSPS) is 11.0. The summed E-state index contributed by atoms with van der Waals surface area (Å²) < 4.78 is 32.9. The van der Waals surface area contributed by atoms with Crippen LogP contribution < -0.4 is 14.8 Å². The Morgan fingerprint density at radius 1 is 1.04 bits per heavy atom. The van der Waals surface area contributed by atoms with Gasteiger partial charge in [0.1, 0.15) is 5.75 Å². The maximum Gasteiger partial charge on any atom is 0.261 e. The van der Waals surface area contributed by atoms with Crippen molar-refractivity contribution in [3.63, 3.8) is 0 Å². The number of methoxy groups -OCH3 is 1. The second-order valence-electron chi connectivity index (χ2n) is 5.45. The Morgan fingerprint density at radius 2 is 1.75 bits per heavy atom. The van der Waals surface area contributed by atoms with E-state index in [1.807, 2.05) is 0 Å². The molecule has 1 amide bonds. The fourth-order valence-electron chi connectivity index (χ4n) is 2.23. The van der Waals surface area contributed by atoms with E-state index in [0.717, 1.165) is 11.1 Å². The molecule has 0 atom stereocenters. The summed E-state index contributed by atoms with van der Waals surface area (Å²) in [5, 5.41) is 2.63. The second-order valence-corrected chi connectivity index (χ2v) is 7.13. The van der Waals surface area contributed by atoms with Crippen molar-refractivity contribution < 1.29 is 17.9 Å². The zero-order valence-electron chi connectivity index (χ0n) is 14.0. The highest BCUT2D eigenvalue weighted by molar-refractivity contribution is 7.92. The molecule has 0 fully saturated rings. The van der Waals surface area contributed by atoms with E-state index in [-0.39, 0.29) is 10.8 Å². The second kappa shape index (κ2) is 6.92. The van der Waals surface area contributed by atoms with Gasteiger partial charge in [-0.3, -0.25) is 9.52 Å². The largest absolute Gasteiger partial charge is 0.496 e. The van der Waals surface area contributed by atoms with Gasteiger partial charge in [-0.05, 0) is 55.3 Å². The number of carbonyl (C=O) groups is 1. The van der Waals surface area contributed by atoms with E-state index in [1.54, 1.807) is 44.2 Å². The fourth-order valence-corrected chi connectivity index (χ4v) is 3.44. The Kier molecular flexibility index (Phi) is 5.14. The minimum absolute atomic E-state index is 0.144. The van der Waals surface area contributed by atoms with Crippen molar-refractivity contribution in [1.29, 1.82) is 0 Å². The third-order valence-corrected chi connectivity index (χ3v) is 4.84. The third kappa shape index (κ3) is 4.05. The van der Waals surface area contributed by atoms with Gasteiger partial charge in [-0.15, -0.1) is 0 Å². The van der Waals surface area contributed by atoms with Crippen molar-refractivity contribution in [1.82, 2.24) is 0 Å². The van der Waals surface area contributed by atoms with E-state index < -0.39 is 10.0 Å². The lowest BCUT2D eigenvalue weighted by atomic mass is 10.2. The quantitative estimate of drug-likeness (QED) is 0.870. The number of nitrogens with one attached hydrogen (secondary N) is 2. The van der Waals surface area contributed by atoms with E-state index in [1.165, 1.54) is 20.1 Å². The Hall–Kier alpha value is -2.54. The lowest BCUT2D eigenvalue weighted by Crippen LogP contribution is -2.14. The molecule has 0 aromatic heterocycles. The van der Waals surface area contributed by atoms with E-state index in [0.29, 0.717) is 17.1 Å². The number of ether oxygens (including phenoxy) is 1. The van der Waals surface area contributed by atoms with Crippen molar-refractivity contribution in [2.75, 3.05) is 17.1 Å². The van der Waals surface area contributed by atoms with Gasteiger partial charge in [0.2, 0.25) is 5.91 Å². The lowest BCUT2D eigenvalue weighted by molar-refractivity contribution is -0.114. The molecule has 24 heavy (non-hydrogen) atoms. The number of carbonyl (C=O) groups excluding carboxylic acids is 1. The molecule has 0 spiro atoms. The molecule has 2 rings (SSSR count). The Bertz CT molecular complexity index is 876. The van der Waals surface area contributed by atoms with Gasteiger partial charge >= 0.3 is 0 Å². The van der Waals surface area contributed by atoms with Crippen molar-refractivity contribution in [3.05, 3.63) is 47.5 Å². The fraction of sp³-hybridized carbons (Fsp3) is 0.235. The van der Waals surface area contributed by atoms with Crippen molar-refractivity contribution in [3.8, 4) is 5.75 Å². The SMILES string of the molecule is COc1ccc(S(=O)(=O)Nc2cc(NC(C)=O)ccc2C)cc1C. The highest BCUT2D eigenvalue weighted by Gasteiger charge is 2.17. The van der Waals surface area contributed by atoms with Crippen LogP contribution in [0.25, 0.3) is 0 Å². The number of anilines is 2. The van der Waals surface area contributed by atoms with E-state index in [4.69, 9.17) is 4.74 Å². The summed E-state index contributed by atoms with van der Waals surface area (Å²) in [6.07, 6.45) is 0. The van der Waals surface area contributed by atoms with Crippen LogP contribution in [0.2, 0.25) is 0 Å². The molecule has 0 saturated carbocycles. The standard InChI is InChI=1S/C17H20N2O4S/c1-11-5-6-14(18-13(3)20)10-16(11)19-24(21,22)15-7-8-17(23-4)12(2)9-15/h5-10,19H,1-4H3,(H,18,20). The first-order chi connectivity index (χ1) is 11.2. The van der Waals surface area contributed by atoms with Gasteiger partial charge in [0, 0.05) is 12.6 Å².